The van der Waals surface area contributed by atoms with Crippen molar-refractivity contribution >= 4 is 29.3 Å². The fourth-order valence-electron chi connectivity index (χ4n) is 4.33. The maximum absolute atomic E-state index is 12.4. The zero-order valence-corrected chi connectivity index (χ0v) is 17.9. The normalized spacial score (nSPS) is 14.7. The molecule has 1 amide bonds. The van der Waals surface area contributed by atoms with Gasteiger partial charge >= 0.3 is 0 Å². The first-order valence-corrected chi connectivity index (χ1v) is 10.4. The molecule has 156 valence electrons. The highest BCUT2D eigenvalue weighted by Gasteiger charge is 2.26. The number of likely N-dealkylation sites (N-methyl/N-ethyl adjacent to an activating group) is 2. The zero-order chi connectivity index (χ0) is 21.4. The molecular formula is C24H28N4O2. The van der Waals surface area contributed by atoms with E-state index in [9.17, 15) is 9.59 Å². The summed E-state index contributed by atoms with van der Waals surface area (Å²) in [7, 11) is 6.04. The SMILES string of the molecule is CN(C)CCN(C)c1cc(-c2ccc3c(c2)CC(=O)CC3)c2c(c1C(N)=O)CC=N2. The second-order valence-electron chi connectivity index (χ2n) is 8.45. The van der Waals surface area contributed by atoms with Crippen LogP contribution in [0.3, 0.4) is 0 Å². The molecule has 6 heteroatoms. The molecule has 1 aliphatic carbocycles. The first kappa shape index (κ1) is 20.3. The number of carbonyl (C=O) groups excluding carboxylic acids is 2. The van der Waals surface area contributed by atoms with Crippen molar-refractivity contribution in [2.45, 2.75) is 25.7 Å². The molecule has 1 heterocycles. The van der Waals surface area contributed by atoms with E-state index in [1.54, 1.807) is 0 Å². The second-order valence-corrected chi connectivity index (χ2v) is 8.45. The topological polar surface area (TPSA) is 79.0 Å². The van der Waals surface area contributed by atoms with E-state index >= 15 is 0 Å². The minimum atomic E-state index is -0.425. The minimum absolute atomic E-state index is 0.288. The molecule has 2 aromatic rings. The van der Waals surface area contributed by atoms with Crippen LogP contribution >= 0.6 is 0 Å². The summed E-state index contributed by atoms with van der Waals surface area (Å²) in [5.74, 6) is -0.137. The molecule has 0 atom stereocenters. The zero-order valence-electron chi connectivity index (χ0n) is 17.9. The van der Waals surface area contributed by atoms with E-state index in [-0.39, 0.29) is 5.78 Å². The number of benzene rings is 2. The molecule has 4 rings (SSSR count). The molecule has 1 aliphatic heterocycles. The summed E-state index contributed by atoms with van der Waals surface area (Å²) in [6.45, 7) is 1.63. The Morgan fingerprint density at radius 2 is 1.90 bits per heavy atom. The molecule has 0 radical (unpaired) electrons. The number of rotatable bonds is 6. The summed E-state index contributed by atoms with van der Waals surface area (Å²) in [4.78, 5) is 33.1. The van der Waals surface area contributed by atoms with Crippen LogP contribution in [0.5, 0.6) is 0 Å². The maximum atomic E-state index is 12.4. The molecule has 6 nitrogen and oxygen atoms in total. The lowest BCUT2D eigenvalue weighted by molar-refractivity contribution is -0.118. The molecule has 0 saturated heterocycles. The van der Waals surface area contributed by atoms with Gasteiger partial charge in [-0.25, -0.2) is 0 Å². The van der Waals surface area contributed by atoms with Gasteiger partial charge in [0.2, 0.25) is 0 Å². The van der Waals surface area contributed by atoms with Crippen molar-refractivity contribution in [3.63, 3.8) is 0 Å². The Labute approximate surface area is 177 Å². The standard InChI is InChI=1S/C24H28N4O2/c1-27(2)10-11-28(3)21-14-20(23-19(8-9-26-23)22(21)24(25)30)16-5-4-15-6-7-18(29)13-17(15)12-16/h4-5,9,12,14H,6-8,10-11,13H2,1-3H3,(H2,25,30). The Kier molecular flexibility index (Phi) is 5.43. The fourth-order valence-corrected chi connectivity index (χ4v) is 4.33. The molecule has 2 aliphatic rings. The van der Waals surface area contributed by atoms with Crippen molar-refractivity contribution < 1.29 is 9.59 Å². The Hall–Kier alpha value is -2.99. The van der Waals surface area contributed by atoms with Crippen molar-refractivity contribution in [1.29, 1.82) is 0 Å². The summed E-state index contributed by atoms with van der Waals surface area (Å²) in [6, 6.07) is 8.37. The second kappa shape index (κ2) is 8.03. The Morgan fingerprint density at radius 1 is 1.10 bits per heavy atom. The molecule has 0 fully saturated rings. The Morgan fingerprint density at radius 3 is 2.63 bits per heavy atom. The van der Waals surface area contributed by atoms with Crippen LogP contribution in [-0.4, -0.2) is 57.0 Å². The van der Waals surface area contributed by atoms with Gasteiger partial charge < -0.3 is 15.5 Å². The molecule has 0 spiro atoms. The number of aryl methyl sites for hydroxylation is 1. The highest BCUT2D eigenvalue weighted by molar-refractivity contribution is 6.06. The highest BCUT2D eigenvalue weighted by atomic mass is 16.1. The summed E-state index contributed by atoms with van der Waals surface area (Å²) in [5.41, 5.74) is 13.3. The van der Waals surface area contributed by atoms with Crippen LogP contribution in [0, 0.1) is 0 Å². The van der Waals surface area contributed by atoms with Crippen LogP contribution in [-0.2, 0) is 24.1 Å². The number of anilines is 1. The lowest BCUT2D eigenvalue weighted by atomic mass is 9.87. The van der Waals surface area contributed by atoms with E-state index < -0.39 is 5.91 Å². The molecule has 0 bridgehead atoms. The number of primary amides is 1. The number of amides is 1. The fraction of sp³-hybridized carbons (Fsp3) is 0.375. The van der Waals surface area contributed by atoms with Gasteiger partial charge in [0.1, 0.15) is 5.78 Å². The van der Waals surface area contributed by atoms with Crippen molar-refractivity contribution in [1.82, 2.24) is 4.90 Å². The number of nitrogens with two attached hydrogens (primary N) is 1. The van der Waals surface area contributed by atoms with Gasteiger partial charge in [-0.1, -0.05) is 18.2 Å². The summed E-state index contributed by atoms with van der Waals surface area (Å²) in [5, 5.41) is 0. The third-order valence-corrected chi connectivity index (χ3v) is 6.01. The van der Waals surface area contributed by atoms with Gasteiger partial charge in [-0.2, -0.15) is 0 Å². The van der Waals surface area contributed by atoms with Gasteiger partial charge in [0, 0.05) is 51.2 Å². The number of hydrogen-bond acceptors (Lipinski definition) is 5. The Bertz CT molecular complexity index is 1060. The first-order chi connectivity index (χ1) is 14.3. The van der Waals surface area contributed by atoms with Crippen LogP contribution in [0.15, 0.2) is 29.3 Å². The number of fused-ring (bicyclic) bond motifs is 2. The molecule has 0 unspecified atom stereocenters. The van der Waals surface area contributed by atoms with Gasteiger partial charge in [0.25, 0.3) is 5.91 Å². The highest BCUT2D eigenvalue weighted by Crippen LogP contribution is 2.43. The third kappa shape index (κ3) is 3.75. The molecule has 2 aromatic carbocycles. The van der Waals surface area contributed by atoms with Crippen molar-refractivity contribution in [2.75, 3.05) is 39.1 Å². The number of aliphatic imine (C=N–C) groups is 1. The van der Waals surface area contributed by atoms with Crippen LogP contribution in [0.2, 0.25) is 0 Å². The van der Waals surface area contributed by atoms with Crippen LogP contribution in [0.1, 0.15) is 33.5 Å². The average molecular weight is 405 g/mol. The molecule has 0 saturated carbocycles. The first-order valence-electron chi connectivity index (χ1n) is 10.4. The molecule has 2 N–H and O–H groups in total. The van der Waals surface area contributed by atoms with Gasteiger partial charge in [-0.15, -0.1) is 0 Å². The van der Waals surface area contributed by atoms with Crippen LogP contribution < -0.4 is 10.6 Å². The van der Waals surface area contributed by atoms with Gasteiger partial charge in [0.15, 0.2) is 0 Å². The minimum Gasteiger partial charge on any atom is -0.373 e. The number of nitrogens with zero attached hydrogens (tertiary/aromatic N) is 3. The van der Waals surface area contributed by atoms with E-state index in [2.05, 4.69) is 33.0 Å². The van der Waals surface area contributed by atoms with Crippen LogP contribution in [0.25, 0.3) is 11.1 Å². The number of hydrogen-bond donors (Lipinski definition) is 1. The van der Waals surface area contributed by atoms with E-state index in [4.69, 9.17) is 5.73 Å². The average Bonchev–Trinajstić information content (AvgIpc) is 3.19. The largest absolute Gasteiger partial charge is 0.373 e. The predicted octanol–water partition coefficient (Wildman–Crippen LogP) is 2.77. The monoisotopic (exact) mass is 404 g/mol. The molecule has 30 heavy (non-hydrogen) atoms. The van der Waals surface area contributed by atoms with Crippen molar-refractivity contribution in [2.24, 2.45) is 10.7 Å². The van der Waals surface area contributed by atoms with E-state index in [1.165, 1.54) is 5.56 Å². The van der Waals surface area contributed by atoms with Crippen molar-refractivity contribution in [3.05, 3.63) is 46.5 Å². The maximum Gasteiger partial charge on any atom is 0.251 e. The van der Waals surface area contributed by atoms with E-state index in [1.807, 2.05) is 33.4 Å². The van der Waals surface area contributed by atoms with Crippen LogP contribution in [0.4, 0.5) is 11.4 Å². The predicted molar refractivity (Wildman–Crippen MR) is 121 cm³/mol. The lowest BCUT2D eigenvalue weighted by Crippen LogP contribution is -2.30. The molecular weight excluding hydrogens is 376 g/mol. The van der Waals surface area contributed by atoms with Gasteiger partial charge in [-0.05, 0) is 48.8 Å². The summed E-state index contributed by atoms with van der Waals surface area (Å²) < 4.78 is 0. The lowest BCUT2D eigenvalue weighted by Gasteiger charge is -2.26. The van der Waals surface area contributed by atoms with Crippen molar-refractivity contribution in [3.8, 4) is 11.1 Å². The third-order valence-electron chi connectivity index (χ3n) is 6.01. The summed E-state index contributed by atoms with van der Waals surface area (Å²) >= 11 is 0. The molecule has 0 aromatic heterocycles. The number of ketones is 1. The quantitative estimate of drug-likeness (QED) is 0.803. The number of Topliss-reactive ketones (excluding diaryl/α,β-unsaturated/α-hetero) is 1. The van der Waals surface area contributed by atoms with Gasteiger partial charge in [0.05, 0.1) is 16.9 Å². The van der Waals surface area contributed by atoms with E-state index in [0.29, 0.717) is 24.8 Å². The van der Waals surface area contributed by atoms with Gasteiger partial charge in [-0.3, -0.25) is 14.6 Å². The Balaban J connectivity index is 1.84. The number of carbonyl (C=O) groups is 2. The summed E-state index contributed by atoms with van der Waals surface area (Å²) in [6.07, 6.45) is 4.36. The smallest absolute Gasteiger partial charge is 0.251 e. The van der Waals surface area contributed by atoms with E-state index in [0.717, 1.165) is 53.1 Å².